The van der Waals surface area contributed by atoms with Crippen LogP contribution in [0.4, 0.5) is 0 Å². The first-order valence-electron chi connectivity index (χ1n) is 9.06. The van der Waals surface area contributed by atoms with E-state index >= 15 is 0 Å². The Morgan fingerprint density at radius 3 is 1.79 bits per heavy atom. The Morgan fingerprint density at radius 2 is 1.21 bits per heavy atom. The van der Waals surface area contributed by atoms with Gasteiger partial charge in [-0.15, -0.1) is 0 Å². The highest BCUT2D eigenvalue weighted by Crippen LogP contribution is 2.40. The van der Waals surface area contributed by atoms with Crippen LogP contribution < -0.4 is 0 Å². The number of hydrogen-bond donors (Lipinski definition) is 0. The lowest BCUT2D eigenvalue weighted by Gasteiger charge is -2.28. The summed E-state index contributed by atoms with van der Waals surface area (Å²) in [5.74, 6) is 0. The number of benzene rings is 2. The van der Waals surface area contributed by atoms with Crippen LogP contribution in [0, 0.1) is 41.5 Å². The fourth-order valence-electron chi connectivity index (χ4n) is 4.83. The maximum atomic E-state index is 2.42. The molecule has 1 aliphatic carbocycles. The molecule has 0 radical (unpaired) electrons. The molecule has 2 aromatic carbocycles. The second kappa shape index (κ2) is 6.59. The quantitative estimate of drug-likeness (QED) is 0.589. The van der Waals surface area contributed by atoms with E-state index in [9.17, 15) is 0 Å². The van der Waals surface area contributed by atoms with Crippen LogP contribution in [0.3, 0.4) is 0 Å². The summed E-state index contributed by atoms with van der Waals surface area (Å²) in [5.41, 5.74) is 15.3. The van der Waals surface area contributed by atoms with Gasteiger partial charge in [0, 0.05) is 5.25 Å². The Bertz CT molecular complexity index is 799. The molecule has 2 aromatic rings. The molecule has 128 valence electrons. The SMILES string of the molecule is CSC1Cc2c(C)cc(C)c(c2C)CCc2c(C)cc(C)c1c2C. The number of hydrogen-bond acceptors (Lipinski definition) is 1. The summed E-state index contributed by atoms with van der Waals surface area (Å²) < 4.78 is 0. The molecule has 3 rings (SSSR count). The molecule has 1 aliphatic rings. The lowest BCUT2D eigenvalue weighted by atomic mass is 9.82. The van der Waals surface area contributed by atoms with Crippen molar-refractivity contribution in [2.24, 2.45) is 0 Å². The smallest absolute Gasteiger partial charge is 0.0340 e. The molecule has 1 atom stereocenters. The van der Waals surface area contributed by atoms with Crippen LogP contribution in [0.1, 0.15) is 60.9 Å². The molecular formula is C23H30S. The van der Waals surface area contributed by atoms with E-state index in [1.165, 1.54) is 28.7 Å². The lowest BCUT2D eigenvalue weighted by Crippen LogP contribution is -2.13. The molecule has 1 heteroatoms. The molecule has 0 saturated carbocycles. The fourth-order valence-corrected chi connectivity index (χ4v) is 5.77. The maximum absolute atomic E-state index is 2.42. The van der Waals surface area contributed by atoms with Crippen molar-refractivity contribution in [1.82, 2.24) is 0 Å². The highest BCUT2D eigenvalue weighted by Gasteiger charge is 2.23. The summed E-state index contributed by atoms with van der Waals surface area (Å²) in [6, 6.07) is 4.83. The average Bonchev–Trinajstić information content (AvgIpc) is 2.50. The molecule has 0 aliphatic heterocycles. The van der Waals surface area contributed by atoms with E-state index in [4.69, 9.17) is 0 Å². The first-order chi connectivity index (χ1) is 11.3. The predicted molar refractivity (Wildman–Crippen MR) is 109 cm³/mol. The van der Waals surface area contributed by atoms with Crippen molar-refractivity contribution in [2.45, 2.75) is 66.1 Å². The fraction of sp³-hybridized carbons (Fsp3) is 0.478. The van der Waals surface area contributed by atoms with Gasteiger partial charge in [-0.3, -0.25) is 0 Å². The zero-order valence-electron chi connectivity index (χ0n) is 16.3. The first kappa shape index (κ1) is 17.6. The molecule has 0 fully saturated rings. The van der Waals surface area contributed by atoms with E-state index in [0.29, 0.717) is 5.25 Å². The van der Waals surface area contributed by atoms with Gasteiger partial charge in [0.05, 0.1) is 0 Å². The molecule has 24 heavy (non-hydrogen) atoms. The van der Waals surface area contributed by atoms with Crippen LogP contribution in [0.15, 0.2) is 12.1 Å². The summed E-state index contributed by atoms with van der Waals surface area (Å²) in [6.07, 6.45) is 5.75. The largest absolute Gasteiger partial charge is 0.157 e. The Labute approximate surface area is 152 Å². The van der Waals surface area contributed by atoms with E-state index in [0.717, 1.165) is 12.8 Å². The molecule has 0 spiro atoms. The Balaban J connectivity index is 2.27. The first-order valence-corrected chi connectivity index (χ1v) is 10.3. The zero-order chi connectivity index (χ0) is 17.6. The normalized spacial score (nSPS) is 17.0. The second-order valence-electron chi connectivity index (χ2n) is 7.55. The van der Waals surface area contributed by atoms with Crippen LogP contribution in [0.25, 0.3) is 0 Å². The number of rotatable bonds is 1. The van der Waals surface area contributed by atoms with Gasteiger partial charge in [0.2, 0.25) is 0 Å². The van der Waals surface area contributed by atoms with Gasteiger partial charge in [0.15, 0.2) is 0 Å². The van der Waals surface area contributed by atoms with Gasteiger partial charge in [0.25, 0.3) is 0 Å². The van der Waals surface area contributed by atoms with Crippen molar-refractivity contribution in [3.63, 3.8) is 0 Å². The minimum atomic E-state index is 0.551. The van der Waals surface area contributed by atoms with Crippen molar-refractivity contribution in [3.05, 3.63) is 67.8 Å². The zero-order valence-corrected chi connectivity index (χ0v) is 17.1. The van der Waals surface area contributed by atoms with Gasteiger partial charge in [-0.1, -0.05) is 12.1 Å². The third kappa shape index (κ3) is 2.81. The van der Waals surface area contributed by atoms with Crippen LogP contribution in [-0.4, -0.2) is 6.26 Å². The van der Waals surface area contributed by atoms with E-state index in [2.05, 4.69) is 59.9 Å². The Hall–Kier alpha value is -1.21. The maximum Gasteiger partial charge on any atom is 0.0340 e. The average molecular weight is 339 g/mol. The summed E-state index contributed by atoms with van der Waals surface area (Å²) >= 11 is 2.01. The van der Waals surface area contributed by atoms with Crippen molar-refractivity contribution >= 4 is 11.8 Å². The predicted octanol–water partition coefficient (Wildman–Crippen LogP) is 6.28. The van der Waals surface area contributed by atoms with Gasteiger partial charge >= 0.3 is 0 Å². The summed E-state index contributed by atoms with van der Waals surface area (Å²) in [7, 11) is 0. The molecule has 0 nitrogen and oxygen atoms in total. The Morgan fingerprint density at radius 1 is 0.708 bits per heavy atom. The van der Waals surface area contributed by atoms with Gasteiger partial charge in [0.1, 0.15) is 0 Å². The van der Waals surface area contributed by atoms with Crippen LogP contribution in [0.5, 0.6) is 0 Å². The molecule has 0 N–H and O–H groups in total. The van der Waals surface area contributed by atoms with Gasteiger partial charge < -0.3 is 0 Å². The van der Waals surface area contributed by atoms with Crippen LogP contribution >= 0.6 is 11.8 Å². The van der Waals surface area contributed by atoms with E-state index in [1.54, 1.807) is 33.4 Å². The van der Waals surface area contributed by atoms with Gasteiger partial charge in [-0.25, -0.2) is 0 Å². The number of thioether (sulfide) groups is 1. The molecule has 1 unspecified atom stereocenters. The van der Waals surface area contributed by atoms with E-state index in [1.807, 2.05) is 11.8 Å². The monoisotopic (exact) mass is 338 g/mol. The third-order valence-corrected chi connectivity index (χ3v) is 7.07. The van der Waals surface area contributed by atoms with Crippen molar-refractivity contribution in [3.8, 4) is 0 Å². The molecule has 0 saturated heterocycles. The van der Waals surface area contributed by atoms with Crippen LogP contribution in [-0.2, 0) is 19.3 Å². The van der Waals surface area contributed by atoms with E-state index < -0.39 is 0 Å². The molecular weight excluding hydrogens is 308 g/mol. The summed E-state index contributed by atoms with van der Waals surface area (Å²) in [4.78, 5) is 0. The molecule has 4 bridgehead atoms. The van der Waals surface area contributed by atoms with Crippen molar-refractivity contribution in [2.75, 3.05) is 6.26 Å². The summed E-state index contributed by atoms with van der Waals surface area (Å²) in [5, 5.41) is 0.551. The topological polar surface area (TPSA) is 0 Å². The van der Waals surface area contributed by atoms with Gasteiger partial charge in [-0.05, 0) is 123 Å². The molecule has 0 aromatic heterocycles. The van der Waals surface area contributed by atoms with E-state index in [-0.39, 0.29) is 0 Å². The molecule has 0 amide bonds. The minimum absolute atomic E-state index is 0.551. The second-order valence-corrected chi connectivity index (χ2v) is 8.59. The Kier molecular flexibility index (Phi) is 4.84. The minimum Gasteiger partial charge on any atom is -0.157 e. The highest BCUT2D eigenvalue weighted by molar-refractivity contribution is 7.98. The highest BCUT2D eigenvalue weighted by atomic mass is 32.2. The van der Waals surface area contributed by atoms with Crippen LogP contribution in [0.2, 0.25) is 0 Å². The van der Waals surface area contributed by atoms with Crippen molar-refractivity contribution < 1.29 is 0 Å². The van der Waals surface area contributed by atoms with Gasteiger partial charge in [-0.2, -0.15) is 11.8 Å². The lowest BCUT2D eigenvalue weighted by molar-refractivity contribution is 0.840. The standard InChI is InChI=1S/C23H30S/c1-13-10-15(3)21-12-22(24-7)23-16(4)11-14(2)20(18(23)6)9-8-19(13)17(21)5/h10-11,22H,8-9,12H2,1-7H3. The third-order valence-electron chi connectivity index (χ3n) is 6.10. The number of fused-ring (bicyclic) bond motifs is 4. The van der Waals surface area contributed by atoms with Crippen molar-refractivity contribution in [1.29, 1.82) is 0 Å². The molecule has 0 heterocycles. The number of aryl methyl sites for hydroxylation is 4. The summed E-state index contributed by atoms with van der Waals surface area (Å²) in [6.45, 7) is 13.9.